The molecule has 0 bridgehead atoms. The number of halogens is 6. The number of anilines is 2. The Balaban J connectivity index is 0.000000374. The van der Waals surface area contributed by atoms with Gasteiger partial charge < -0.3 is 9.80 Å². The van der Waals surface area contributed by atoms with Crippen LogP contribution in [-0.4, -0.2) is 18.1 Å². The zero-order valence-electron chi connectivity index (χ0n) is 26.6. The predicted octanol–water partition coefficient (Wildman–Crippen LogP) is 11.7. The molecule has 1 saturated heterocycles. The van der Waals surface area contributed by atoms with Crippen LogP contribution >= 0.6 is 7.81 Å². The van der Waals surface area contributed by atoms with E-state index < -0.39 is 7.81 Å². The van der Waals surface area contributed by atoms with E-state index >= 15 is 0 Å². The summed E-state index contributed by atoms with van der Waals surface area (Å²) in [4.78, 5) is 8.35. The number of aromatic nitrogens is 1. The van der Waals surface area contributed by atoms with Crippen LogP contribution in [0.3, 0.4) is 0 Å². The Kier molecular flexibility index (Phi) is 15.6. The molecule has 0 spiro atoms. The third-order valence-corrected chi connectivity index (χ3v) is 6.50. The van der Waals surface area contributed by atoms with Gasteiger partial charge in [0, 0.05) is 57.0 Å². The van der Waals surface area contributed by atoms with Gasteiger partial charge in [0.1, 0.15) is 0 Å². The van der Waals surface area contributed by atoms with Gasteiger partial charge in [0.15, 0.2) is 0 Å². The summed E-state index contributed by atoms with van der Waals surface area (Å²) >= 11 is 0. The summed E-state index contributed by atoms with van der Waals surface area (Å²) in [5.41, 5.74) is 10.6. The second-order valence-corrected chi connectivity index (χ2v) is 12.9. The average Bonchev–Trinajstić information content (AvgIpc) is 3.31. The fourth-order valence-electron chi connectivity index (χ4n) is 5.13. The van der Waals surface area contributed by atoms with Crippen molar-refractivity contribution in [3.8, 4) is 0 Å². The molecule has 2 heterocycles. The van der Waals surface area contributed by atoms with Crippen LogP contribution in [0.5, 0.6) is 0 Å². The van der Waals surface area contributed by atoms with Crippen molar-refractivity contribution < 1.29 is 45.3 Å². The number of hydrogen-bond donors (Lipinski definition) is 0. The molecule has 7 radical (unpaired) electrons. The molecule has 0 amide bonds. The first kappa shape index (κ1) is 40.9. The Morgan fingerprint density at radius 2 is 0.844 bits per heavy atom. The minimum absolute atomic E-state index is 0. The quantitative estimate of drug-likeness (QED) is 0.189. The van der Waals surface area contributed by atoms with Gasteiger partial charge in [0.2, 0.25) is 6.67 Å². The van der Waals surface area contributed by atoms with Gasteiger partial charge in [-0.15, -0.1) is 0 Å². The standard InChI is InChI=1S/C21H26N2.C8H12.C5H5N.F6P.Ir/c1-14-9-16(3)20(17(4)10-14)22-7-8-23(13-22)21-18(5)11-15(2)12-19(21)6;1-2-4-6-8-7-5-3-1;1-2-4-6-5-3-1;1-7(2,3,4,5)6;/h9-12H,7-8H2,1-6H3;1-2,7-8H,3-6H2;1-5H;;/q;;;-1;. The normalized spacial score (nSPS) is 16.4. The molecule has 2 aliphatic rings. The number of pyridine rings is 1. The van der Waals surface area contributed by atoms with Crippen molar-refractivity contribution in [3.05, 3.63) is 121 Å². The topological polar surface area (TPSA) is 19.4 Å². The van der Waals surface area contributed by atoms with Gasteiger partial charge in [-0.3, -0.25) is 4.98 Å². The van der Waals surface area contributed by atoms with Crippen LogP contribution < -0.4 is 9.80 Å². The van der Waals surface area contributed by atoms with Crippen LogP contribution in [-0.2, 0) is 20.1 Å². The molecule has 45 heavy (non-hydrogen) atoms. The van der Waals surface area contributed by atoms with E-state index in [1.165, 1.54) is 70.4 Å². The summed E-state index contributed by atoms with van der Waals surface area (Å²) in [5.74, 6) is 0. The van der Waals surface area contributed by atoms with E-state index in [0.29, 0.717) is 0 Å². The monoisotopic (exact) mass is 831 g/mol. The van der Waals surface area contributed by atoms with E-state index in [1.807, 2.05) is 18.2 Å². The Morgan fingerprint density at radius 3 is 1.07 bits per heavy atom. The zero-order valence-corrected chi connectivity index (χ0v) is 29.9. The van der Waals surface area contributed by atoms with E-state index in [2.05, 4.69) is 113 Å². The molecule has 5 rings (SSSR count). The smallest absolute Gasteiger partial charge is 0.0267 e. The van der Waals surface area contributed by atoms with Crippen LogP contribution in [0.1, 0.15) is 59.1 Å². The summed E-state index contributed by atoms with van der Waals surface area (Å²) < 4.78 is 59.2. The molecule has 11 heteroatoms. The van der Waals surface area contributed by atoms with E-state index in [1.54, 1.807) is 12.4 Å². The SMILES string of the molecule is Cc1cc(C)c(N2[C]N(c3c(C)cc(C)cc3C)CC2)c(C)c1.F[P-](F)(F)(F)(F)F.[CH]1[CH]CC[CH][CH]CC1.[Ir].c1ccncc1. The van der Waals surface area contributed by atoms with E-state index in [9.17, 15) is 25.2 Å². The van der Waals surface area contributed by atoms with Gasteiger partial charge in [-0.1, -0.05) is 41.5 Å². The molecule has 0 unspecified atom stereocenters. The molecule has 0 atom stereocenters. The Bertz CT molecular complexity index is 1150. The second-order valence-electron chi connectivity index (χ2n) is 11.0. The molecule has 251 valence electrons. The summed E-state index contributed by atoms with van der Waals surface area (Å²) in [6.07, 6.45) is 17.5. The van der Waals surface area contributed by atoms with Gasteiger partial charge in [0.05, 0.1) is 0 Å². The Labute approximate surface area is 279 Å². The molecule has 2 aromatic carbocycles. The minimum Gasteiger partial charge on any atom is -0.265 e. The number of hydrogen-bond acceptors (Lipinski definition) is 3. The molecule has 1 aromatic heterocycles. The van der Waals surface area contributed by atoms with Crippen molar-refractivity contribution in [2.24, 2.45) is 0 Å². The van der Waals surface area contributed by atoms with Crippen LogP contribution in [0.2, 0.25) is 0 Å². The summed E-state index contributed by atoms with van der Waals surface area (Å²) in [5, 5.41) is 0. The average molecular weight is 831 g/mol. The zero-order chi connectivity index (χ0) is 33.0. The van der Waals surface area contributed by atoms with Gasteiger partial charge in [-0.25, -0.2) is 0 Å². The van der Waals surface area contributed by atoms with Crippen LogP contribution in [0.25, 0.3) is 0 Å². The third-order valence-electron chi connectivity index (χ3n) is 6.50. The number of aryl methyl sites for hydroxylation is 6. The molecule has 1 aliphatic heterocycles. The Morgan fingerprint density at radius 1 is 0.556 bits per heavy atom. The molecular weight excluding hydrogens is 788 g/mol. The van der Waals surface area contributed by atoms with Crippen molar-refractivity contribution in [2.45, 2.75) is 67.2 Å². The first-order chi connectivity index (χ1) is 20.3. The molecule has 0 N–H and O–H groups in total. The Hall–Kier alpha value is -2.15. The molecule has 2 fully saturated rings. The fourth-order valence-corrected chi connectivity index (χ4v) is 5.13. The van der Waals surface area contributed by atoms with Gasteiger partial charge in [-0.05, 0) is 127 Å². The van der Waals surface area contributed by atoms with Crippen molar-refractivity contribution in [1.82, 2.24) is 4.98 Å². The maximum atomic E-state index is 9.87. The van der Waals surface area contributed by atoms with Crippen LogP contribution in [0.15, 0.2) is 54.9 Å². The fraction of sp³-hybridized carbons (Fsp3) is 0.353. The number of benzene rings is 2. The van der Waals surface area contributed by atoms with Crippen LogP contribution in [0, 0.1) is 73.9 Å². The molecular formula is C34H43F6IrN3P-. The maximum Gasteiger partial charge on any atom is 0.0267 e. The van der Waals surface area contributed by atoms with E-state index in [0.717, 1.165) is 13.1 Å². The molecule has 3 nitrogen and oxygen atoms in total. The number of nitrogens with zero attached hydrogens (tertiary/aromatic N) is 3. The molecule has 3 aromatic rings. The second kappa shape index (κ2) is 17.1. The maximum absolute atomic E-state index is 10.7. The van der Waals surface area contributed by atoms with Crippen molar-refractivity contribution in [3.63, 3.8) is 0 Å². The van der Waals surface area contributed by atoms with Gasteiger partial charge in [-0.2, -0.15) is 0 Å². The van der Waals surface area contributed by atoms with Gasteiger partial charge in [0.25, 0.3) is 0 Å². The van der Waals surface area contributed by atoms with Crippen LogP contribution in [0.4, 0.5) is 36.6 Å². The first-order valence-corrected chi connectivity index (χ1v) is 16.5. The predicted molar refractivity (Wildman–Crippen MR) is 173 cm³/mol. The third kappa shape index (κ3) is 17.9. The van der Waals surface area contributed by atoms with E-state index in [4.69, 9.17) is 0 Å². The minimum atomic E-state index is -10.7. The van der Waals surface area contributed by atoms with Crippen molar-refractivity contribution in [1.29, 1.82) is 0 Å². The van der Waals surface area contributed by atoms with Gasteiger partial charge >= 0.3 is 33.0 Å². The first-order valence-electron chi connectivity index (χ1n) is 14.5. The van der Waals surface area contributed by atoms with Crippen molar-refractivity contribution in [2.75, 3.05) is 22.9 Å². The molecule has 1 aliphatic carbocycles. The van der Waals surface area contributed by atoms with E-state index in [-0.39, 0.29) is 20.1 Å². The number of rotatable bonds is 2. The largest absolute Gasteiger partial charge is 0.265 e. The summed E-state index contributed by atoms with van der Waals surface area (Å²) in [6.45, 7) is 18.7. The summed E-state index contributed by atoms with van der Waals surface area (Å²) in [6, 6.07) is 14.8. The summed E-state index contributed by atoms with van der Waals surface area (Å²) in [7, 11) is -10.7. The molecule has 1 saturated carbocycles. The van der Waals surface area contributed by atoms with Crippen molar-refractivity contribution >= 4 is 19.2 Å².